The Morgan fingerprint density at radius 2 is 1.05 bits per heavy atom. The summed E-state index contributed by atoms with van der Waals surface area (Å²) < 4.78 is 9.50. The molecule has 0 aliphatic carbocycles. The van der Waals surface area contributed by atoms with E-state index in [0.717, 1.165) is 11.1 Å². The zero-order valence-corrected chi connectivity index (χ0v) is 11.1. The van der Waals surface area contributed by atoms with Gasteiger partial charge in [0.1, 0.15) is 11.5 Å². The first-order valence-corrected chi connectivity index (χ1v) is 6.15. The van der Waals surface area contributed by atoms with Gasteiger partial charge in [-0.15, -0.1) is 0 Å². The molecule has 0 unspecified atom stereocenters. The molecule has 2 rings (SSSR count). The van der Waals surface area contributed by atoms with Crippen LogP contribution >= 0.6 is 0 Å². The Labute approximate surface area is 121 Å². The van der Waals surface area contributed by atoms with Crippen molar-refractivity contribution in [2.24, 2.45) is 11.5 Å². The van der Waals surface area contributed by atoms with Gasteiger partial charge in [0.2, 0.25) is 0 Å². The molecule has 0 saturated heterocycles. The molecule has 6 heteroatoms. The van der Waals surface area contributed by atoms with Crippen LogP contribution in [0.2, 0.25) is 0 Å². The molecule has 4 N–H and O–H groups in total. The standard InChI is InChI=1S/C15H14N2O4/c16-14(18)20-12-5-1-10(2-6-12)9-11-3-7-13(8-4-11)21-15(17)19/h1-8H,9H2,(H2,16,18)(H2,17,19). The second kappa shape index (κ2) is 6.42. The number of rotatable bonds is 4. The molecular formula is C15H14N2O4. The highest BCUT2D eigenvalue weighted by atomic mass is 16.6. The summed E-state index contributed by atoms with van der Waals surface area (Å²) in [6.07, 6.45) is -0.992. The van der Waals surface area contributed by atoms with Crippen LogP contribution in [0.15, 0.2) is 48.5 Å². The maximum atomic E-state index is 10.6. The lowest BCUT2D eigenvalue weighted by Gasteiger charge is -2.05. The van der Waals surface area contributed by atoms with Crippen molar-refractivity contribution in [2.45, 2.75) is 6.42 Å². The molecule has 2 amide bonds. The Morgan fingerprint density at radius 3 is 1.33 bits per heavy atom. The van der Waals surface area contributed by atoms with Crippen LogP contribution in [0.3, 0.4) is 0 Å². The molecule has 6 nitrogen and oxygen atoms in total. The summed E-state index contributed by atoms with van der Waals surface area (Å²) in [4.78, 5) is 21.2. The fourth-order valence-corrected chi connectivity index (χ4v) is 1.82. The zero-order chi connectivity index (χ0) is 15.2. The van der Waals surface area contributed by atoms with Crippen molar-refractivity contribution >= 4 is 12.2 Å². The first kappa shape index (κ1) is 14.4. The summed E-state index contributed by atoms with van der Waals surface area (Å²) in [6.45, 7) is 0. The molecule has 2 aromatic carbocycles. The fourth-order valence-electron chi connectivity index (χ4n) is 1.82. The van der Waals surface area contributed by atoms with Gasteiger partial charge in [-0.2, -0.15) is 0 Å². The van der Waals surface area contributed by atoms with Crippen molar-refractivity contribution < 1.29 is 19.1 Å². The number of amides is 2. The van der Waals surface area contributed by atoms with Gasteiger partial charge in [-0.25, -0.2) is 9.59 Å². The maximum absolute atomic E-state index is 10.6. The fraction of sp³-hybridized carbons (Fsp3) is 0.0667. The minimum Gasteiger partial charge on any atom is -0.411 e. The van der Waals surface area contributed by atoms with Crippen LogP contribution in [-0.2, 0) is 6.42 Å². The molecule has 0 heterocycles. The minimum atomic E-state index is -0.840. The molecule has 0 aliphatic heterocycles. The molecule has 0 atom stereocenters. The van der Waals surface area contributed by atoms with Crippen molar-refractivity contribution in [3.8, 4) is 11.5 Å². The minimum absolute atomic E-state index is 0.399. The first-order chi connectivity index (χ1) is 10.0. The highest BCUT2D eigenvalue weighted by Crippen LogP contribution is 2.17. The van der Waals surface area contributed by atoms with E-state index in [1.807, 2.05) is 24.3 Å². The van der Waals surface area contributed by atoms with Crippen molar-refractivity contribution in [3.05, 3.63) is 59.7 Å². The van der Waals surface area contributed by atoms with E-state index in [2.05, 4.69) is 0 Å². The largest absolute Gasteiger partial charge is 0.411 e. The third-order valence-corrected chi connectivity index (χ3v) is 2.69. The predicted octanol–water partition coefficient (Wildman–Crippen LogP) is 2.19. The molecule has 0 aromatic heterocycles. The number of benzene rings is 2. The van der Waals surface area contributed by atoms with Crippen molar-refractivity contribution in [3.63, 3.8) is 0 Å². The lowest BCUT2D eigenvalue weighted by atomic mass is 10.0. The van der Waals surface area contributed by atoms with Gasteiger partial charge in [0.05, 0.1) is 0 Å². The average molecular weight is 286 g/mol. The van der Waals surface area contributed by atoms with Crippen LogP contribution in [-0.4, -0.2) is 12.2 Å². The maximum Gasteiger partial charge on any atom is 0.409 e. The van der Waals surface area contributed by atoms with Crippen molar-refractivity contribution in [2.75, 3.05) is 0 Å². The molecule has 0 aliphatic rings. The van der Waals surface area contributed by atoms with Crippen LogP contribution in [0.5, 0.6) is 11.5 Å². The van der Waals surface area contributed by atoms with E-state index in [4.69, 9.17) is 20.9 Å². The van der Waals surface area contributed by atoms with Gasteiger partial charge in [-0.3, -0.25) is 0 Å². The number of hydrogen-bond acceptors (Lipinski definition) is 4. The molecule has 108 valence electrons. The summed E-state index contributed by atoms with van der Waals surface area (Å²) in [7, 11) is 0. The van der Waals surface area contributed by atoms with Gasteiger partial charge in [0, 0.05) is 0 Å². The van der Waals surface area contributed by atoms with Crippen LogP contribution in [0.4, 0.5) is 9.59 Å². The summed E-state index contributed by atoms with van der Waals surface area (Å²) in [5.74, 6) is 0.799. The summed E-state index contributed by atoms with van der Waals surface area (Å²) in [5, 5.41) is 0. The Balaban J connectivity index is 2.01. The second-order valence-corrected chi connectivity index (χ2v) is 4.31. The van der Waals surface area contributed by atoms with Crippen LogP contribution in [0.25, 0.3) is 0 Å². The molecule has 0 fully saturated rings. The Kier molecular flexibility index (Phi) is 4.40. The van der Waals surface area contributed by atoms with Crippen molar-refractivity contribution in [1.29, 1.82) is 0 Å². The van der Waals surface area contributed by atoms with E-state index in [1.54, 1.807) is 24.3 Å². The lowest BCUT2D eigenvalue weighted by Crippen LogP contribution is -2.16. The number of carbonyl (C=O) groups excluding carboxylic acids is 2. The van der Waals surface area contributed by atoms with E-state index in [0.29, 0.717) is 17.9 Å². The SMILES string of the molecule is NC(=O)Oc1ccc(Cc2ccc(OC(N)=O)cc2)cc1. The van der Waals surface area contributed by atoms with Crippen LogP contribution in [0.1, 0.15) is 11.1 Å². The predicted molar refractivity (Wildman–Crippen MR) is 76.1 cm³/mol. The second-order valence-electron chi connectivity index (χ2n) is 4.31. The zero-order valence-electron chi connectivity index (χ0n) is 11.1. The van der Waals surface area contributed by atoms with E-state index in [-0.39, 0.29) is 0 Å². The topological polar surface area (TPSA) is 105 Å². The number of primary amides is 2. The Morgan fingerprint density at radius 1 is 0.714 bits per heavy atom. The Bertz CT molecular complexity index is 578. The molecule has 0 bridgehead atoms. The highest BCUT2D eigenvalue weighted by Gasteiger charge is 2.02. The Hall–Kier alpha value is -3.02. The van der Waals surface area contributed by atoms with Gasteiger partial charge in [-0.1, -0.05) is 24.3 Å². The quantitative estimate of drug-likeness (QED) is 0.898. The smallest absolute Gasteiger partial charge is 0.409 e. The number of carbonyl (C=O) groups is 2. The molecule has 0 spiro atoms. The van der Waals surface area contributed by atoms with Gasteiger partial charge >= 0.3 is 12.2 Å². The molecule has 21 heavy (non-hydrogen) atoms. The molecule has 2 aromatic rings. The van der Waals surface area contributed by atoms with Crippen LogP contribution < -0.4 is 20.9 Å². The molecule has 0 saturated carbocycles. The third-order valence-electron chi connectivity index (χ3n) is 2.69. The van der Waals surface area contributed by atoms with Gasteiger partial charge < -0.3 is 20.9 Å². The van der Waals surface area contributed by atoms with Gasteiger partial charge in [0.15, 0.2) is 0 Å². The normalized spacial score (nSPS) is 9.90. The summed E-state index contributed by atoms with van der Waals surface area (Å²) in [5.41, 5.74) is 11.9. The van der Waals surface area contributed by atoms with E-state index >= 15 is 0 Å². The third kappa shape index (κ3) is 4.54. The first-order valence-electron chi connectivity index (χ1n) is 6.15. The van der Waals surface area contributed by atoms with E-state index in [1.165, 1.54) is 0 Å². The number of ether oxygens (including phenoxy) is 2. The number of hydrogen-bond donors (Lipinski definition) is 2. The molecule has 0 radical (unpaired) electrons. The monoisotopic (exact) mass is 286 g/mol. The van der Waals surface area contributed by atoms with Gasteiger partial charge in [-0.05, 0) is 41.8 Å². The highest BCUT2D eigenvalue weighted by molar-refractivity contribution is 5.68. The summed E-state index contributed by atoms with van der Waals surface area (Å²) in [6, 6.07) is 14.0. The van der Waals surface area contributed by atoms with Crippen LogP contribution in [0, 0.1) is 0 Å². The van der Waals surface area contributed by atoms with Crippen molar-refractivity contribution in [1.82, 2.24) is 0 Å². The van der Waals surface area contributed by atoms with E-state index < -0.39 is 12.2 Å². The van der Waals surface area contributed by atoms with E-state index in [9.17, 15) is 9.59 Å². The van der Waals surface area contributed by atoms with Gasteiger partial charge in [0.25, 0.3) is 0 Å². The number of nitrogens with two attached hydrogens (primary N) is 2. The molecular weight excluding hydrogens is 272 g/mol. The average Bonchev–Trinajstić information content (AvgIpc) is 2.42. The summed E-state index contributed by atoms with van der Waals surface area (Å²) >= 11 is 0. The lowest BCUT2D eigenvalue weighted by molar-refractivity contribution is 0.210.